The van der Waals surface area contributed by atoms with Crippen LogP contribution in [0.25, 0.3) is 0 Å². The van der Waals surface area contributed by atoms with Gasteiger partial charge in [-0.25, -0.2) is 4.39 Å². The molecule has 5 heteroatoms. The van der Waals surface area contributed by atoms with E-state index in [0.717, 1.165) is 32.7 Å². The Kier molecular flexibility index (Phi) is 5.49. The number of likely N-dealkylation sites (N-methyl/N-ethyl adjacent to an activating group) is 1. The number of carbonyl (C=O) groups is 1. The largest absolute Gasteiger partial charge is 0.351 e. The van der Waals surface area contributed by atoms with Crippen molar-refractivity contribution in [2.24, 2.45) is 0 Å². The van der Waals surface area contributed by atoms with Gasteiger partial charge in [-0.3, -0.25) is 9.69 Å². The molecular formula is C15H22FN3O. The third-order valence-corrected chi connectivity index (χ3v) is 3.71. The SMILES string of the molecule is CCN1CCN(CC(=O)NCc2ccccc2F)CC1. The van der Waals surface area contributed by atoms with E-state index in [-0.39, 0.29) is 18.3 Å². The number of nitrogens with one attached hydrogen (secondary N) is 1. The molecule has 4 nitrogen and oxygen atoms in total. The van der Waals surface area contributed by atoms with Crippen molar-refractivity contribution < 1.29 is 9.18 Å². The molecule has 1 N–H and O–H groups in total. The van der Waals surface area contributed by atoms with Crippen molar-refractivity contribution in [3.05, 3.63) is 35.6 Å². The van der Waals surface area contributed by atoms with Gasteiger partial charge in [0, 0.05) is 38.3 Å². The van der Waals surface area contributed by atoms with E-state index in [4.69, 9.17) is 0 Å². The van der Waals surface area contributed by atoms with Crippen LogP contribution in [0.2, 0.25) is 0 Å². The van der Waals surface area contributed by atoms with Crippen molar-refractivity contribution in [1.82, 2.24) is 15.1 Å². The topological polar surface area (TPSA) is 35.6 Å². The van der Waals surface area contributed by atoms with E-state index in [0.29, 0.717) is 12.1 Å². The van der Waals surface area contributed by atoms with E-state index in [1.165, 1.54) is 6.07 Å². The van der Waals surface area contributed by atoms with Gasteiger partial charge in [0.15, 0.2) is 0 Å². The molecular weight excluding hydrogens is 257 g/mol. The van der Waals surface area contributed by atoms with Crippen molar-refractivity contribution in [2.75, 3.05) is 39.3 Å². The standard InChI is InChI=1S/C15H22FN3O/c1-2-18-7-9-19(10-8-18)12-15(20)17-11-13-5-3-4-6-14(13)16/h3-6H,2,7-12H2,1H3,(H,17,20). The Balaban J connectivity index is 1.72. The van der Waals surface area contributed by atoms with Crippen molar-refractivity contribution in [3.8, 4) is 0 Å². The number of rotatable bonds is 5. The van der Waals surface area contributed by atoms with E-state index in [9.17, 15) is 9.18 Å². The molecule has 1 saturated heterocycles. The van der Waals surface area contributed by atoms with Gasteiger partial charge >= 0.3 is 0 Å². The van der Waals surface area contributed by atoms with Gasteiger partial charge in [-0.05, 0) is 12.6 Å². The molecule has 1 amide bonds. The van der Waals surface area contributed by atoms with Gasteiger partial charge < -0.3 is 10.2 Å². The zero-order valence-electron chi connectivity index (χ0n) is 11.9. The molecule has 0 aromatic heterocycles. The second-order valence-corrected chi connectivity index (χ2v) is 5.08. The Labute approximate surface area is 119 Å². The van der Waals surface area contributed by atoms with E-state index < -0.39 is 0 Å². The van der Waals surface area contributed by atoms with Crippen LogP contribution in [-0.2, 0) is 11.3 Å². The average molecular weight is 279 g/mol. The summed E-state index contributed by atoms with van der Waals surface area (Å²) in [6.45, 7) is 7.71. The van der Waals surface area contributed by atoms with Gasteiger partial charge in [0.2, 0.25) is 5.91 Å². The highest BCUT2D eigenvalue weighted by molar-refractivity contribution is 5.78. The lowest BCUT2D eigenvalue weighted by Gasteiger charge is -2.33. The molecule has 1 aliphatic heterocycles. The van der Waals surface area contributed by atoms with Gasteiger partial charge in [-0.15, -0.1) is 0 Å². The smallest absolute Gasteiger partial charge is 0.234 e. The summed E-state index contributed by atoms with van der Waals surface area (Å²) in [5.74, 6) is -0.317. The fourth-order valence-electron chi connectivity index (χ4n) is 2.36. The lowest BCUT2D eigenvalue weighted by Crippen LogP contribution is -2.49. The van der Waals surface area contributed by atoms with Crippen LogP contribution in [-0.4, -0.2) is 55.0 Å². The minimum Gasteiger partial charge on any atom is -0.351 e. The first-order valence-electron chi connectivity index (χ1n) is 7.14. The Morgan fingerprint density at radius 3 is 2.50 bits per heavy atom. The second kappa shape index (κ2) is 7.36. The Bertz CT molecular complexity index is 444. The fraction of sp³-hybridized carbons (Fsp3) is 0.533. The summed E-state index contributed by atoms with van der Waals surface area (Å²) < 4.78 is 13.4. The van der Waals surface area contributed by atoms with Crippen LogP contribution in [0, 0.1) is 5.82 Å². The number of amides is 1. The molecule has 20 heavy (non-hydrogen) atoms. The van der Waals surface area contributed by atoms with Gasteiger partial charge in [0.1, 0.15) is 5.82 Å². The van der Waals surface area contributed by atoms with Crippen LogP contribution in [0.15, 0.2) is 24.3 Å². The number of benzene rings is 1. The molecule has 1 aliphatic rings. The molecule has 0 radical (unpaired) electrons. The molecule has 1 fully saturated rings. The number of nitrogens with zero attached hydrogens (tertiary/aromatic N) is 2. The quantitative estimate of drug-likeness (QED) is 0.876. The third kappa shape index (κ3) is 4.28. The summed E-state index contributed by atoms with van der Waals surface area (Å²) in [7, 11) is 0. The highest BCUT2D eigenvalue weighted by Gasteiger charge is 2.17. The van der Waals surface area contributed by atoms with Crippen LogP contribution >= 0.6 is 0 Å². The first-order chi connectivity index (χ1) is 9.69. The first-order valence-corrected chi connectivity index (χ1v) is 7.14. The molecule has 0 spiro atoms. The minimum absolute atomic E-state index is 0.0433. The molecule has 2 rings (SSSR count). The Morgan fingerprint density at radius 1 is 1.20 bits per heavy atom. The zero-order valence-corrected chi connectivity index (χ0v) is 11.9. The van der Waals surface area contributed by atoms with Crippen molar-refractivity contribution in [3.63, 3.8) is 0 Å². The number of halogens is 1. The predicted octanol–water partition coefficient (Wildman–Crippen LogP) is 1.08. The Morgan fingerprint density at radius 2 is 1.85 bits per heavy atom. The zero-order chi connectivity index (χ0) is 14.4. The van der Waals surface area contributed by atoms with Crippen LogP contribution in [0.3, 0.4) is 0 Å². The maximum Gasteiger partial charge on any atom is 0.234 e. The summed E-state index contributed by atoms with van der Waals surface area (Å²) in [4.78, 5) is 16.4. The van der Waals surface area contributed by atoms with E-state index in [1.54, 1.807) is 18.2 Å². The van der Waals surface area contributed by atoms with Gasteiger partial charge in [0.25, 0.3) is 0 Å². The molecule has 0 aliphatic carbocycles. The van der Waals surface area contributed by atoms with Crippen LogP contribution in [0.1, 0.15) is 12.5 Å². The van der Waals surface area contributed by atoms with E-state index >= 15 is 0 Å². The fourth-order valence-corrected chi connectivity index (χ4v) is 2.36. The summed E-state index contributed by atoms with van der Waals surface area (Å²) in [5.41, 5.74) is 0.525. The highest BCUT2D eigenvalue weighted by Crippen LogP contribution is 2.05. The van der Waals surface area contributed by atoms with Gasteiger partial charge in [0.05, 0.1) is 6.54 Å². The lowest BCUT2D eigenvalue weighted by atomic mass is 10.2. The molecule has 1 heterocycles. The maximum absolute atomic E-state index is 13.4. The lowest BCUT2D eigenvalue weighted by molar-refractivity contribution is -0.122. The third-order valence-electron chi connectivity index (χ3n) is 3.71. The Hall–Kier alpha value is -1.46. The number of piperazine rings is 1. The number of hydrogen-bond acceptors (Lipinski definition) is 3. The van der Waals surface area contributed by atoms with Gasteiger partial charge in [-0.2, -0.15) is 0 Å². The molecule has 1 aromatic rings. The van der Waals surface area contributed by atoms with Crippen molar-refractivity contribution >= 4 is 5.91 Å². The molecule has 0 atom stereocenters. The van der Waals surface area contributed by atoms with E-state index in [1.807, 2.05) is 0 Å². The predicted molar refractivity (Wildman–Crippen MR) is 76.8 cm³/mol. The highest BCUT2D eigenvalue weighted by atomic mass is 19.1. The summed E-state index contributed by atoms with van der Waals surface area (Å²) in [6, 6.07) is 6.52. The molecule has 0 unspecified atom stereocenters. The summed E-state index contributed by atoms with van der Waals surface area (Å²) in [5, 5.41) is 2.78. The molecule has 1 aromatic carbocycles. The number of carbonyl (C=O) groups excluding carboxylic acids is 1. The molecule has 0 saturated carbocycles. The average Bonchev–Trinajstić information content (AvgIpc) is 2.47. The number of hydrogen-bond donors (Lipinski definition) is 1. The molecule has 0 bridgehead atoms. The normalized spacial score (nSPS) is 17.1. The van der Waals surface area contributed by atoms with Crippen LogP contribution < -0.4 is 5.32 Å². The second-order valence-electron chi connectivity index (χ2n) is 5.08. The first kappa shape index (κ1) is 14.9. The summed E-state index contributed by atoms with van der Waals surface area (Å²) >= 11 is 0. The monoisotopic (exact) mass is 279 g/mol. The van der Waals surface area contributed by atoms with Crippen molar-refractivity contribution in [2.45, 2.75) is 13.5 Å². The maximum atomic E-state index is 13.4. The van der Waals surface area contributed by atoms with E-state index in [2.05, 4.69) is 22.0 Å². The van der Waals surface area contributed by atoms with Crippen LogP contribution in [0.5, 0.6) is 0 Å². The molecule has 110 valence electrons. The van der Waals surface area contributed by atoms with Crippen molar-refractivity contribution in [1.29, 1.82) is 0 Å². The summed E-state index contributed by atoms with van der Waals surface area (Å²) in [6.07, 6.45) is 0. The van der Waals surface area contributed by atoms with Gasteiger partial charge in [-0.1, -0.05) is 25.1 Å². The van der Waals surface area contributed by atoms with Crippen LogP contribution in [0.4, 0.5) is 4.39 Å². The minimum atomic E-state index is -0.274.